The molecule has 1 N–H and O–H groups in total. The van der Waals surface area contributed by atoms with E-state index < -0.39 is 0 Å². The van der Waals surface area contributed by atoms with Gasteiger partial charge < -0.3 is 14.8 Å². The summed E-state index contributed by atoms with van der Waals surface area (Å²) in [6.07, 6.45) is 8.55. The molecule has 1 saturated heterocycles. The van der Waals surface area contributed by atoms with Crippen LogP contribution in [0.5, 0.6) is 0 Å². The van der Waals surface area contributed by atoms with Crippen LogP contribution in [0.2, 0.25) is 0 Å². The summed E-state index contributed by atoms with van der Waals surface area (Å²) in [4.78, 5) is 0. The van der Waals surface area contributed by atoms with Gasteiger partial charge in [-0.1, -0.05) is 13.3 Å². The molecule has 2 fully saturated rings. The third-order valence-corrected chi connectivity index (χ3v) is 3.67. The van der Waals surface area contributed by atoms with Gasteiger partial charge in [0.05, 0.1) is 24.9 Å². The number of hydrogen-bond acceptors (Lipinski definition) is 3. The number of rotatable bonds is 8. The lowest BCUT2D eigenvalue weighted by molar-refractivity contribution is -0.0381. The third-order valence-electron chi connectivity index (χ3n) is 3.67. The van der Waals surface area contributed by atoms with Crippen LogP contribution in [-0.2, 0) is 9.47 Å². The van der Waals surface area contributed by atoms with Crippen LogP contribution in [0.3, 0.4) is 0 Å². The predicted molar refractivity (Wildman–Crippen MR) is 69.2 cm³/mol. The average molecular weight is 241 g/mol. The maximum atomic E-state index is 5.98. The molecule has 1 aliphatic heterocycles. The van der Waals surface area contributed by atoms with Crippen LogP contribution in [0.25, 0.3) is 0 Å². The highest BCUT2D eigenvalue weighted by Crippen LogP contribution is 2.23. The van der Waals surface area contributed by atoms with Gasteiger partial charge in [0.15, 0.2) is 0 Å². The molecule has 3 atom stereocenters. The highest BCUT2D eigenvalue weighted by molar-refractivity contribution is 4.84. The third kappa shape index (κ3) is 4.94. The van der Waals surface area contributed by atoms with Crippen molar-refractivity contribution < 1.29 is 9.47 Å². The van der Waals surface area contributed by atoms with Crippen LogP contribution >= 0.6 is 0 Å². The van der Waals surface area contributed by atoms with Crippen LogP contribution in [0.15, 0.2) is 0 Å². The SMILES string of the molecule is CCCC(C)OCC1CCC(CNC2CC2)O1. The molecule has 0 aromatic carbocycles. The van der Waals surface area contributed by atoms with Gasteiger partial charge >= 0.3 is 0 Å². The van der Waals surface area contributed by atoms with E-state index in [0.717, 1.165) is 32.0 Å². The Labute approximate surface area is 105 Å². The van der Waals surface area contributed by atoms with Gasteiger partial charge in [-0.2, -0.15) is 0 Å². The normalized spacial score (nSPS) is 30.7. The van der Waals surface area contributed by atoms with Gasteiger partial charge in [-0.05, 0) is 39.0 Å². The molecule has 0 aromatic rings. The van der Waals surface area contributed by atoms with Gasteiger partial charge in [0.25, 0.3) is 0 Å². The summed E-state index contributed by atoms with van der Waals surface area (Å²) in [6.45, 7) is 6.17. The Morgan fingerprint density at radius 1 is 1.24 bits per heavy atom. The van der Waals surface area contributed by atoms with Gasteiger partial charge in [-0.15, -0.1) is 0 Å². The number of hydrogen-bond donors (Lipinski definition) is 1. The molecule has 100 valence electrons. The Bertz CT molecular complexity index is 218. The molecule has 2 aliphatic rings. The van der Waals surface area contributed by atoms with Gasteiger partial charge in [-0.3, -0.25) is 0 Å². The first-order valence-corrected chi connectivity index (χ1v) is 7.28. The number of nitrogens with one attached hydrogen (secondary N) is 1. The highest BCUT2D eigenvalue weighted by Gasteiger charge is 2.28. The van der Waals surface area contributed by atoms with Crippen molar-refractivity contribution >= 4 is 0 Å². The first-order valence-electron chi connectivity index (χ1n) is 7.28. The lowest BCUT2D eigenvalue weighted by Crippen LogP contribution is -2.29. The summed E-state index contributed by atoms with van der Waals surface area (Å²) in [6, 6.07) is 0.790. The van der Waals surface area contributed by atoms with Crippen molar-refractivity contribution in [3.63, 3.8) is 0 Å². The molecule has 17 heavy (non-hydrogen) atoms. The summed E-state index contributed by atoms with van der Waals surface area (Å²) in [7, 11) is 0. The van der Waals surface area contributed by atoms with Crippen LogP contribution in [0, 0.1) is 0 Å². The second kappa shape index (κ2) is 6.72. The summed E-state index contributed by atoms with van der Waals surface area (Å²) in [5.41, 5.74) is 0. The minimum atomic E-state index is 0.334. The zero-order chi connectivity index (χ0) is 12.1. The van der Waals surface area contributed by atoms with Crippen LogP contribution < -0.4 is 5.32 Å². The van der Waals surface area contributed by atoms with E-state index in [1.807, 2.05) is 0 Å². The van der Waals surface area contributed by atoms with Gasteiger partial charge in [0.2, 0.25) is 0 Å². The summed E-state index contributed by atoms with van der Waals surface area (Å²) < 4.78 is 11.8. The minimum Gasteiger partial charge on any atom is -0.376 e. The van der Waals surface area contributed by atoms with Crippen molar-refractivity contribution in [2.75, 3.05) is 13.2 Å². The lowest BCUT2D eigenvalue weighted by Gasteiger charge is -2.17. The van der Waals surface area contributed by atoms with Crippen molar-refractivity contribution in [2.24, 2.45) is 0 Å². The molecule has 0 amide bonds. The van der Waals surface area contributed by atoms with Crippen molar-refractivity contribution in [1.82, 2.24) is 5.32 Å². The Hall–Kier alpha value is -0.120. The molecule has 0 aromatic heterocycles. The van der Waals surface area contributed by atoms with Crippen molar-refractivity contribution in [3.05, 3.63) is 0 Å². The minimum absolute atomic E-state index is 0.334. The van der Waals surface area contributed by atoms with E-state index in [9.17, 15) is 0 Å². The standard InChI is InChI=1S/C14H27NO2/c1-3-4-11(2)16-10-14-8-7-13(17-14)9-15-12-5-6-12/h11-15H,3-10H2,1-2H3. The molecule has 1 aliphatic carbocycles. The summed E-state index contributed by atoms with van der Waals surface area (Å²) in [5.74, 6) is 0. The van der Waals surface area contributed by atoms with E-state index >= 15 is 0 Å². The maximum Gasteiger partial charge on any atom is 0.0814 e. The fourth-order valence-corrected chi connectivity index (χ4v) is 2.40. The Balaban J connectivity index is 1.53. The fraction of sp³-hybridized carbons (Fsp3) is 1.00. The lowest BCUT2D eigenvalue weighted by atomic mass is 10.2. The summed E-state index contributed by atoms with van der Waals surface area (Å²) in [5, 5.41) is 3.54. The Morgan fingerprint density at radius 3 is 2.71 bits per heavy atom. The second-order valence-corrected chi connectivity index (χ2v) is 5.57. The quantitative estimate of drug-likeness (QED) is 0.708. The van der Waals surface area contributed by atoms with E-state index in [1.54, 1.807) is 0 Å². The molecular formula is C14H27NO2. The van der Waals surface area contributed by atoms with Crippen molar-refractivity contribution in [2.45, 2.75) is 76.7 Å². The van der Waals surface area contributed by atoms with Crippen molar-refractivity contribution in [3.8, 4) is 0 Å². The van der Waals surface area contributed by atoms with E-state index in [0.29, 0.717) is 18.3 Å². The first-order chi connectivity index (χ1) is 8.28. The van der Waals surface area contributed by atoms with E-state index in [4.69, 9.17) is 9.47 Å². The van der Waals surface area contributed by atoms with Crippen LogP contribution in [-0.4, -0.2) is 37.5 Å². The smallest absolute Gasteiger partial charge is 0.0814 e. The van der Waals surface area contributed by atoms with E-state index in [2.05, 4.69) is 19.2 Å². The molecule has 0 radical (unpaired) electrons. The molecule has 3 heteroatoms. The Kier molecular flexibility index (Phi) is 5.26. The molecule has 0 spiro atoms. The Morgan fingerprint density at radius 2 is 2.00 bits per heavy atom. The van der Waals surface area contributed by atoms with Crippen LogP contribution in [0.4, 0.5) is 0 Å². The topological polar surface area (TPSA) is 30.5 Å². The van der Waals surface area contributed by atoms with Crippen molar-refractivity contribution in [1.29, 1.82) is 0 Å². The molecule has 1 heterocycles. The molecule has 0 bridgehead atoms. The average Bonchev–Trinajstić information content (AvgIpc) is 3.03. The van der Waals surface area contributed by atoms with Gasteiger partial charge in [0, 0.05) is 12.6 Å². The van der Waals surface area contributed by atoms with Gasteiger partial charge in [-0.25, -0.2) is 0 Å². The molecule has 2 rings (SSSR count). The number of ether oxygens (including phenoxy) is 2. The molecule has 3 unspecified atom stereocenters. The monoisotopic (exact) mass is 241 g/mol. The molecule has 3 nitrogen and oxygen atoms in total. The highest BCUT2D eigenvalue weighted by atomic mass is 16.5. The predicted octanol–water partition coefficient (Wildman–Crippen LogP) is 2.49. The zero-order valence-corrected chi connectivity index (χ0v) is 11.3. The van der Waals surface area contributed by atoms with E-state index in [-0.39, 0.29) is 0 Å². The van der Waals surface area contributed by atoms with E-state index in [1.165, 1.54) is 25.7 Å². The first kappa shape index (κ1) is 13.3. The zero-order valence-electron chi connectivity index (χ0n) is 11.3. The second-order valence-electron chi connectivity index (χ2n) is 5.57. The summed E-state index contributed by atoms with van der Waals surface area (Å²) >= 11 is 0. The largest absolute Gasteiger partial charge is 0.376 e. The van der Waals surface area contributed by atoms with Crippen LogP contribution in [0.1, 0.15) is 52.4 Å². The maximum absolute atomic E-state index is 5.98. The fourth-order valence-electron chi connectivity index (χ4n) is 2.40. The molecule has 1 saturated carbocycles. The van der Waals surface area contributed by atoms with Gasteiger partial charge in [0.1, 0.15) is 0 Å². The molecular weight excluding hydrogens is 214 g/mol.